The van der Waals surface area contributed by atoms with Gasteiger partial charge in [-0.25, -0.2) is 8.78 Å². The summed E-state index contributed by atoms with van der Waals surface area (Å²) in [6, 6.07) is 17.2. The van der Waals surface area contributed by atoms with Gasteiger partial charge in [-0.15, -0.1) is 11.3 Å². The molecule has 132 valence electrons. The number of rotatable bonds is 2. The van der Waals surface area contributed by atoms with Crippen molar-refractivity contribution in [2.45, 2.75) is 6.54 Å². The van der Waals surface area contributed by atoms with Gasteiger partial charge in [0.2, 0.25) is 0 Å². The topological polar surface area (TPSA) is 29.1 Å². The van der Waals surface area contributed by atoms with Crippen LogP contribution in [0.25, 0.3) is 31.7 Å². The molecule has 1 aliphatic rings. The van der Waals surface area contributed by atoms with E-state index >= 15 is 0 Å². The fraction of sp³-hybridized carbons (Fsp3) is 0.0455. The first-order chi connectivity index (χ1) is 13.1. The molecule has 5 heteroatoms. The fourth-order valence-electron chi connectivity index (χ4n) is 3.54. The third-order valence-electron chi connectivity index (χ3n) is 4.85. The number of hydrogen-bond donors (Lipinski definition) is 1. The van der Waals surface area contributed by atoms with E-state index in [0.29, 0.717) is 17.7 Å². The van der Waals surface area contributed by atoms with Crippen molar-refractivity contribution in [3.63, 3.8) is 0 Å². The van der Waals surface area contributed by atoms with E-state index in [2.05, 4.69) is 17.4 Å². The quantitative estimate of drug-likeness (QED) is 0.473. The summed E-state index contributed by atoms with van der Waals surface area (Å²) in [7, 11) is 0. The molecule has 2 nitrogen and oxygen atoms in total. The molecule has 1 aliphatic heterocycles. The van der Waals surface area contributed by atoms with Crippen LogP contribution >= 0.6 is 11.3 Å². The van der Waals surface area contributed by atoms with Gasteiger partial charge in [0.05, 0.1) is 0 Å². The van der Waals surface area contributed by atoms with Gasteiger partial charge in [0.15, 0.2) is 0 Å². The Bertz CT molecular complexity index is 1200. The van der Waals surface area contributed by atoms with E-state index in [1.54, 1.807) is 17.4 Å². The van der Waals surface area contributed by atoms with E-state index in [-0.39, 0.29) is 11.5 Å². The summed E-state index contributed by atoms with van der Waals surface area (Å²) in [6.07, 6.45) is 0. The Labute approximate surface area is 158 Å². The van der Waals surface area contributed by atoms with E-state index < -0.39 is 11.6 Å². The van der Waals surface area contributed by atoms with Crippen LogP contribution in [0.5, 0.6) is 0 Å². The van der Waals surface area contributed by atoms with Gasteiger partial charge in [-0.1, -0.05) is 18.2 Å². The highest BCUT2D eigenvalue weighted by atomic mass is 32.1. The summed E-state index contributed by atoms with van der Waals surface area (Å²) < 4.78 is 28.8. The van der Waals surface area contributed by atoms with Gasteiger partial charge >= 0.3 is 0 Å². The van der Waals surface area contributed by atoms with E-state index in [4.69, 9.17) is 0 Å². The van der Waals surface area contributed by atoms with E-state index in [9.17, 15) is 13.6 Å². The van der Waals surface area contributed by atoms with Gasteiger partial charge in [-0.3, -0.25) is 4.79 Å². The van der Waals surface area contributed by atoms with Crippen molar-refractivity contribution in [1.29, 1.82) is 0 Å². The Morgan fingerprint density at radius 2 is 1.70 bits per heavy atom. The maximum Gasteiger partial charge on any atom is 0.251 e. The van der Waals surface area contributed by atoms with Gasteiger partial charge in [0.1, 0.15) is 11.6 Å². The molecular formula is C22H13F2NOS. The minimum absolute atomic E-state index is 0.170. The van der Waals surface area contributed by atoms with Gasteiger partial charge in [0, 0.05) is 33.3 Å². The summed E-state index contributed by atoms with van der Waals surface area (Å²) in [4.78, 5) is 13.3. The number of halogens is 2. The third kappa shape index (κ3) is 2.62. The minimum Gasteiger partial charge on any atom is -0.348 e. The molecule has 0 spiro atoms. The lowest BCUT2D eigenvalue weighted by Crippen LogP contribution is -2.12. The molecule has 0 bridgehead atoms. The maximum atomic E-state index is 14.3. The van der Waals surface area contributed by atoms with Gasteiger partial charge in [0.25, 0.3) is 5.91 Å². The number of hydrogen-bond acceptors (Lipinski definition) is 2. The summed E-state index contributed by atoms with van der Waals surface area (Å²) in [5.74, 6) is -1.44. The highest BCUT2D eigenvalue weighted by molar-refractivity contribution is 7.22. The highest BCUT2D eigenvalue weighted by Crippen LogP contribution is 2.40. The molecule has 0 atom stereocenters. The molecule has 0 fully saturated rings. The molecule has 4 aromatic rings. The number of fused-ring (bicyclic) bond motifs is 2. The van der Waals surface area contributed by atoms with Crippen molar-refractivity contribution in [3.8, 4) is 21.6 Å². The zero-order valence-corrected chi connectivity index (χ0v) is 14.9. The Morgan fingerprint density at radius 3 is 2.52 bits per heavy atom. The average molecular weight is 377 g/mol. The first-order valence-corrected chi connectivity index (χ1v) is 9.31. The van der Waals surface area contributed by atoms with Gasteiger partial charge < -0.3 is 5.32 Å². The molecule has 27 heavy (non-hydrogen) atoms. The van der Waals surface area contributed by atoms with Crippen molar-refractivity contribution in [2.75, 3.05) is 0 Å². The SMILES string of the molecule is O=C1NCc2c1cc(-c1ccc(F)cc1F)cc2-c1cc2ccccc2s1. The van der Waals surface area contributed by atoms with Crippen molar-refractivity contribution < 1.29 is 13.6 Å². The first kappa shape index (κ1) is 16.1. The van der Waals surface area contributed by atoms with E-state index in [0.717, 1.165) is 32.2 Å². The maximum absolute atomic E-state index is 14.3. The molecule has 1 amide bonds. The number of amides is 1. The summed E-state index contributed by atoms with van der Waals surface area (Å²) in [5, 5.41) is 3.97. The number of nitrogens with one attached hydrogen (secondary N) is 1. The van der Waals surface area contributed by atoms with Crippen molar-refractivity contribution in [3.05, 3.63) is 83.4 Å². The molecule has 0 saturated heterocycles. The molecule has 3 aromatic carbocycles. The van der Waals surface area contributed by atoms with Crippen LogP contribution in [0.1, 0.15) is 15.9 Å². The zero-order chi connectivity index (χ0) is 18.5. The molecule has 0 saturated carbocycles. The van der Waals surface area contributed by atoms with Crippen LogP contribution in [0.2, 0.25) is 0 Å². The Hall–Kier alpha value is -3.05. The monoisotopic (exact) mass is 377 g/mol. The van der Waals surface area contributed by atoms with Crippen LogP contribution in [0.15, 0.2) is 60.7 Å². The highest BCUT2D eigenvalue weighted by Gasteiger charge is 2.25. The Morgan fingerprint density at radius 1 is 0.889 bits per heavy atom. The third-order valence-corrected chi connectivity index (χ3v) is 6.00. The van der Waals surface area contributed by atoms with Crippen LogP contribution in [-0.4, -0.2) is 5.91 Å². The van der Waals surface area contributed by atoms with Gasteiger partial charge in [-0.05, 0) is 58.5 Å². The van der Waals surface area contributed by atoms with E-state index in [1.165, 1.54) is 12.1 Å². The lowest BCUT2D eigenvalue weighted by atomic mass is 9.94. The largest absolute Gasteiger partial charge is 0.348 e. The zero-order valence-electron chi connectivity index (χ0n) is 14.1. The number of benzene rings is 3. The Balaban J connectivity index is 1.76. The van der Waals surface area contributed by atoms with Gasteiger partial charge in [-0.2, -0.15) is 0 Å². The van der Waals surface area contributed by atoms with Crippen molar-refractivity contribution >= 4 is 27.3 Å². The lowest BCUT2D eigenvalue weighted by molar-refractivity contribution is 0.0966. The Kier molecular flexibility index (Phi) is 3.58. The molecule has 0 aliphatic carbocycles. The second kappa shape index (κ2) is 5.99. The molecule has 0 radical (unpaired) electrons. The van der Waals surface area contributed by atoms with Crippen LogP contribution in [0.3, 0.4) is 0 Å². The minimum atomic E-state index is -0.643. The molecule has 5 rings (SSSR count). The lowest BCUT2D eigenvalue weighted by Gasteiger charge is -2.10. The molecule has 2 heterocycles. The average Bonchev–Trinajstić information content (AvgIpc) is 3.25. The molecule has 0 unspecified atom stereocenters. The summed E-state index contributed by atoms with van der Waals surface area (Å²) in [6.45, 7) is 0.448. The normalized spacial score (nSPS) is 13.0. The molecule has 1 N–H and O–H groups in total. The fourth-order valence-corrected chi connectivity index (χ4v) is 4.65. The smallest absolute Gasteiger partial charge is 0.251 e. The predicted octanol–water partition coefficient (Wildman–Crippen LogP) is 5.76. The summed E-state index contributed by atoms with van der Waals surface area (Å²) in [5.41, 5.74) is 3.21. The molecular weight excluding hydrogens is 364 g/mol. The first-order valence-electron chi connectivity index (χ1n) is 8.49. The number of thiophene rings is 1. The van der Waals surface area contributed by atoms with Crippen LogP contribution < -0.4 is 5.32 Å². The van der Waals surface area contributed by atoms with E-state index in [1.807, 2.05) is 24.3 Å². The van der Waals surface area contributed by atoms with Crippen molar-refractivity contribution in [2.24, 2.45) is 0 Å². The summed E-state index contributed by atoms with van der Waals surface area (Å²) >= 11 is 1.64. The number of carbonyl (C=O) groups excluding carboxylic acids is 1. The standard InChI is InChI=1S/C22H13F2NOS/c23-14-5-6-15(19(24)10-14)13-7-16(18-11-25-22(26)17(18)8-13)21-9-12-3-1-2-4-20(12)27-21/h1-10H,11H2,(H,25,26). The molecule has 1 aromatic heterocycles. The number of carbonyl (C=O) groups is 1. The predicted molar refractivity (Wildman–Crippen MR) is 104 cm³/mol. The van der Waals surface area contributed by atoms with Crippen LogP contribution in [0, 0.1) is 11.6 Å². The van der Waals surface area contributed by atoms with Crippen molar-refractivity contribution in [1.82, 2.24) is 5.32 Å². The van der Waals surface area contributed by atoms with Crippen LogP contribution in [-0.2, 0) is 6.54 Å². The van der Waals surface area contributed by atoms with Crippen LogP contribution in [0.4, 0.5) is 8.78 Å². The second-order valence-corrected chi connectivity index (χ2v) is 7.59. The second-order valence-electron chi connectivity index (χ2n) is 6.51.